The highest BCUT2D eigenvalue weighted by atomic mass is 32.2. The van der Waals surface area contributed by atoms with Gasteiger partial charge in [0.1, 0.15) is 17.4 Å². The third-order valence-electron chi connectivity index (χ3n) is 5.26. The molecule has 1 heterocycles. The molecule has 0 fully saturated rings. The first-order valence-corrected chi connectivity index (χ1v) is 12.6. The van der Waals surface area contributed by atoms with Crippen LogP contribution >= 0.6 is 0 Å². The first kappa shape index (κ1) is 23.9. The Morgan fingerprint density at radius 1 is 0.943 bits per heavy atom. The van der Waals surface area contributed by atoms with Gasteiger partial charge in [-0.05, 0) is 43.3 Å². The number of phenolic OH excluding ortho intramolecular Hbond substituents is 1. The molecule has 0 radical (unpaired) electrons. The van der Waals surface area contributed by atoms with E-state index in [1.807, 2.05) is 36.4 Å². The lowest BCUT2D eigenvalue weighted by Gasteiger charge is -2.12. The fourth-order valence-corrected chi connectivity index (χ4v) is 4.35. The SMILES string of the molecule is CCS(=O)(=O)c1ccc(O)c(NC(=O)c2cccc(Nc3cc(-c4ccccc4)nc(C)n3)c2)c1. The minimum Gasteiger partial charge on any atom is -0.506 e. The van der Waals surface area contributed by atoms with E-state index in [4.69, 9.17) is 0 Å². The summed E-state index contributed by atoms with van der Waals surface area (Å²) in [6.45, 7) is 3.34. The van der Waals surface area contributed by atoms with E-state index in [0.717, 1.165) is 11.3 Å². The van der Waals surface area contributed by atoms with Gasteiger partial charge in [0.2, 0.25) is 0 Å². The van der Waals surface area contributed by atoms with Gasteiger partial charge >= 0.3 is 0 Å². The summed E-state index contributed by atoms with van der Waals surface area (Å²) in [6.07, 6.45) is 0. The number of aromatic nitrogens is 2. The number of hydrogen-bond donors (Lipinski definition) is 3. The van der Waals surface area contributed by atoms with Gasteiger partial charge in [0, 0.05) is 22.9 Å². The van der Waals surface area contributed by atoms with Crippen molar-refractivity contribution in [1.29, 1.82) is 0 Å². The second-order valence-corrected chi connectivity index (χ2v) is 10.1. The summed E-state index contributed by atoms with van der Waals surface area (Å²) in [5, 5.41) is 15.9. The molecule has 1 amide bonds. The van der Waals surface area contributed by atoms with Gasteiger partial charge in [0.05, 0.1) is 22.0 Å². The Morgan fingerprint density at radius 3 is 2.46 bits per heavy atom. The van der Waals surface area contributed by atoms with E-state index in [-0.39, 0.29) is 22.1 Å². The molecular weight excluding hydrogens is 464 g/mol. The largest absolute Gasteiger partial charge is 0.506 e. The number of benzene rings is 3. The number of anilines is 3. The Morgan fingerprint density at radius 2 is 1.71 bits per heavy atom. The Bertz CT molecular complexity index is 1490. The molecule has 178 valence electrons. The van der Waals surface area contributed by atoms with E-state index >= 15 is 0 Å². The molecule has 4 aromatic rings. The van der Waals surface area contributed by atoms with E-state index < -0.39 is 15.7 Å². The first-order valence-electron chi connectivity index (χ1n) is 10.9. The number of carbonyl (C=O) groups excluding carboxylic acids is 1. The van der Waals surface area contributed by atoms with E-state index in [0.29, 0.717) is 22.9 Å². The van der Waals surface area contributed by atoms with Gasteiger partial charge in [0.25, 0.3) is 5.91 Å². The Balaban J connectivity index is 1.56. The molecule has 0 aliphatic heterocycles. The lowest BCUT2D eigenvalue weighted by atomic mass is 10.1. The van der Waals surface area contributed by atoms with Crippen molar-refractivity contribution in [3.05, 3.63) is 90.3 Å². The van der Waals surface area contributed by atoms with E-state index in [2.05, 4.69) is 20.6 Å². The third kappa shape index (κ3) is 5.64. The Kier molecular flexibility index (Phi) is 6.79. The molecule has 0 spiro atoms. The summed E-state index contributed by atoms with van der Waals surface area (Å²) < 4.78 is 24.3. The molecular formula is C26H24N4O4S. The molecule has 0 saturated heterocycles. The van der Waals surface area contributed by atoms with Crippen molar-refractivity contribution in [3.63, 3.8) is 0 Å². The quantitative estimate of drug-likeness (QED) is 0.315. The number of nitrogens with zero attached hydrogens (tertiary/aromatic N) is 2. The van der Waals surface area contributed by atoms with Gasteiger partial charge in [-0.15, -0.1) is 0 Å². The van der Waals surface area contributed by atoms with Crippen molar-refractivity contribution in [1.82, 2.24) is 9.97 Å². The summed E-state index contributed by atoms with van der Waals surface area (Å²) in [4.78, 5) is 21.8. The molecule has 3 aromatic carbocycles. The van der Waals surface area contributed by atoms with Crippen molar-refractivity contribution < 1.29 is 18.3 Å². The van der Waals surface area contributed by atoms with Crippen molar-refractivity contribution >= 4 is 32.9 Å². The summed E-state index contributed by atoms with van der Waals surface area (Å²) >= 11 is 0. The molecule has 0 aliphatic carbocycles. The van der Waals surface area contributed by atoms with E-state index in [1.165, 1.54) is 25.1 Å². The highest BCUT2D eigenvalue weighted by Gasteiger charge is 2.16. The molecule has 0 saturated carbocycles. The fraction of sp³-hybridized carbons (Fsp3) is 0.115. The number of nitrogens with one attached hydrogen (secondary N) is 2. The zero-order chi connectivity index (χ0) is 25.0. The second kappa shape index (κ2) is 9.94. The summed E-state index contributed by atoms with van der Waals surface area (Å²) in [5.41, 5.74) is 2.68. The number of phenols is 1. The molecule has 0 unspecified atom stereocenters. The number of hydrogen-bond acceptors (Lipinski definition) is 7. The van der Waals surface area contributed by atoms with Crippen LogP contribution in [0.1, 0.15) is 23.1 Å². The minimum atomic E-state index is -3.49. The van der Waals surface area contributed by atoms with Gasteiger partial charge in [-0.25, -0.2) is 18.4 Å². The Hall–Kier alpha value is -4.24. The maximum Gasteiger partial charge on any atom is 0.255 e. The van der Waals surface area contributed by atoms with Gasteiger partial charge in [-0.3, -0.25) is 4.79 Å². The molecule has 4 rings (SSSR count). The van der Waals surface area contributed by atoms with Crippen molar-refractivity contribution in [2.24, 2.45) is 0 Å². The number of rotatable bonds is 7. The monoisotopic (exact) mass is 488 g/mol. The number of aromatic hydroxyl groups is 1. The molecule has 0 bridgehead atoms. The average Bonchev–Trinajstić information content (AvgIpc) is 2.85. The van der Waals surface area contributed by atoms with Gasteiger partial charge in [0.15, 0.2) is 9.84 Å². The van der Waals surface area contributed by atoms with Crippen LogP contribution < -0.4 is 10.6 Å². The minimum absolute atomic E-state index is 0.0156. The molecule has 8 nitrogen and oxygen atoms in total. The average molecular weight is 489 g/mol. The summed E-state index contributed by atoms with van der Waals surface area (Å²) in [5.74, 6) is 0.350. The predicted octanol–water partition coefficient (Wildman–Crippen LogP) is 4.95. The maximum absolute atomic E-state index is 12.9. The highest BCUT2D eigenvalue weighted by Crippen LogP contribution is 2.28. The zero-order valence-electron chi connectivity index (χ0n) is 19.2. The highest BCUT2D eigenvalue weighted by molar-refractivity contribution is 7.91. The fourth-order valence-electron chi connectivity index (χ4n) is 3.44. The number of aryl methyl sites for hydroxylation is 1. The Labute approximate surface area is 203 Å². The van der Waals surface area contributed by atoms with Gasteiger partial charge in [-0.2, -0.15) is 0 Å². The van der Waals surface area contributed by atoms with Crippen LogP contribution in [0.3, 0.4) is 0 Å². The van der Waals surface area contributed by atoms with Crippen LogP contribution in [-0.4, -0.2) is 35.2 Å². The van der Waals surface area contributed by atoms with Crippen LogP contribution in [0, 0.1) is 6.92 Å². The first-order chi connectivity index (χ1) is 16.7. The van der Waals surface area contributed by atoms with Gasteiger partial charge in [-0.1, -0.05) is 43.3 Å². The van der Waals surface area contributed by atoms with Crippen molar-refractivity contribution in [3.8, 4) is 17.0 Å². The van der Waals surface area contributed by atoms with Crippen LogP contribution in [-0.2, 0) is 9.84 Å². The van der Waals surface area contributed by atoms with Gasteiger partial charge < -0.3 is 15.7 Å². The molecule has 9 heteroatoms. The molecule has 0 atom stereocenters. The smallest absolute Gasteiger partial charge is 0.255 e. The molecule has 0 aliphatic rings. The summed E-state index contributed by atoms with van der Waals surface area (Å²) in [6, 6.07) is 22.1. The zero-order valence-corrected chi connectivity index (χ0v) is 20.0. The van der Waals surface area contributed by atoms with Crippen molar-refractivity contribution in [2.75, 3.05) is 16.4 Å². The second-order valence-electron chi connectivity index (χ2n) is 7.79. The van der Waals surface area contributed by atoms with Crippen LogP contribution in [0.2, 0.25) is 0 Å². The lowest BCUT2D eigenvalue weighted by molar-refractivity contribution is 0.102. The maximum atomic E-state index is 12.9. The topological polar surface area (TPSA) is 121 Å². The molecule has 1 aromatic heterocycles. The van der Waals surface area contributed by atoms with Crippen molar-refractivity contribution in [2.45, 2.75) is 18.7 Å². The van der Waals surface area contributed by atoms with Crippen LogP contribution in [0.4, 0.5) is 17.2 Å². The number of carbonyl (C=O) groups is 1. The number of amides is 1. The third-order valence-corrected chi connectivity index (χ3v) is 6.99. The van der Waals surface area contributed by atoms with E-state index in [9.17, 15) is 18.3 Å². The lowest BCUT2D eigenvalue weighted by Crippen LogP contribution is -2.13. The van der Waals surface area contributed by atoms with Crippen LogP contribution in [0.15, 0.2) is 83.8 Å². The molecule has 3 N–H and O–H groups in total. The number of sulfone groups is 1. The standard InChI is InChI=1S/C26H24N4O4S/c1-3-35(33,34)21-12-13-24(31)23(15-21)30-26(32)19-10-7-11-20(14-19)29-25-16-22(27-17(2)28-25)18-8-5-4-6-9-18/h4-16,31H,3H2,1-2H3,(H,30,32)(H,27,28,29). The normalized spacial score (nSPS) is 11.1. The van der Waals surface area contributed by atoms with E-state index in [1.54, 1.807) is 31.2 Å². The molecule has 35 heavy (non-hydrogen) atoms. The summed E-state index contributed by atoms with van der Waals surface area (Å²) in [7, 11) is -3.49. The predicted molar refractivity (Wildman–Crippen MR) is 136 cm³/mol. The van der Waals surface area contributed by atoms with Crippen LogP contribution in [0.25, 0.3) is 11.3 Å². The van der Waals surface area contributed by atoms with Crippen LogP contribution in [0.5, 0.6) is 5.75 Å².